The number of hydrogen-bond acceptors (Lipinski definition) is 3. The van der Waals surface area contributed by atoms with Gasteiger partial charge in [-0.2, -0.15) is 0 Å². The molecule has 1 aliphatic heterocycles. The van der Waals surface area contributed by atoms with Crippen molar-refractivity contribution in [3.8, 4) is 5.75 Å². The van der Waals surface area contributed by atoms with Crippen LogP contribution < -0.4 is 5.73 Å². The summed E-state index contributed by atoms with van der Waals surface area (Å²) >= 11 is 0. The summed E-state index contributed by atoms with van der Waals surface area (Å²) in [5, 5.41) is 9.36. The molecule has 1 fully saturated rings. The first-order chi connectivity index (χ1) is 7.70. The van der Waals surface area contributed by atoms with Gasteiger partial charge in [-0.3, -0.25) is 4.90 Å². The molecule has 0 aromatic heterocycles. The Morgan fingerprint density at radius 1 is 1.50 bits per heavy atom. The zero-order chi connectivity index (χ0) is 11.5. The van der Waals surface area contributed by atoms with Crippen molar-refractivity contribution < 1.29 is 5.11 Å². The van der Waals surface area contributed by atoms with Crippen LogP contribution in [-0.4, -0.2) is 22.6 Å². The highest BCUT2D eigenvalue weighted by molar-refractivity contribution is 5.53. The lowest BCUT2D eigenvalue weighted by atomic mass is 10.1. The lowest BCUT2D eigenvalue weighted by Crippen LogP contribution is -2.28. The van der Waals surface area contributed by atoms with E-state index in [4.69, 9.17) is 5.73 Å². The summed E-state index contributed by atoms with van der Waals surface area (Å²) in [5.74, 6) is 0.178. The quantitative estimate of drug-likeness (QED) is 0.607. The van der Waals surface area contributed by atoms with Gasteiger partial charge in [0.1, 0.15) is 5.75 Å². The SMILES string of the molecule is CCC1CCCN1Cc1ccc(O)c(N)c1. The Kier molecular flexibility index (Phi) is 3.34. The van der Waals surface area contributed by atoms with Crippen LogP contribution in [0.2, 0.25) is 0 Å². The first kappa shape index (κ1) is 11.3. The highest BCUT2D eigenvalue weighted by atomic mass is 16.3. The van der Waals surface area contributed by atoms with Crippen LogP contribution in [0.1, 0.15) is 31.7 Å². The highest BCUT2D eigenvalue weighted by Crippen LogP contribution is 2.25. The first-order valence-electron chi connectivity index (χ1n) is 6.02. The fourth-order valence-electron chi connectivity index (χ4n) is 2.50. The van der Waals surface area contributed by atoms with E-state index >= 15 is 0 Å². The molecule has 3 nitrogen and oxygen atoms in total. The number of hydrogen-bond donors (Lipinski definition) is 2. The molecule has 1 aromatic rings. The molecule has 0 aliphatic carbocycles. The van der Waals surface area contributed by atoms with Crippen molar-refractivity contribution in [2.75, 3.05) is 12.3 Å². The Balaban J connectivity index is 2.05. The smallest absolute Gasteiger partial charge is 0.138 e. The molecule has 88 valence electrons. The number of nitrogens with zero attached hydrogens (tertiary/aromatic N) is 1. The summed E-state index contributed by atoms with van der Waals surface area (Å²) in [4.78, 5) is 2.51. The van der Waals surface area contributed by atoms with Crippen molar-refractivity contribution in [3.63, 3.8) is 0 Å². The molecule has 1 saturated heterocycles. The number of anilines is 1. The number of phenolic OH excluding ortho intramolecular Hbond substituents is 1. The summed E-state index contributed by atoms with van der Waals surface area (Å²) in [6.07, 6.45) is 3.82. The standard InChI is InChI=1S/C13H20N2O/c1-2-11-4-3-7-15(11)9-10-5-6-13(16)12(14)8-10/h5-6,8,11,16H,2-4,7,9,14H2,1H3. The van der Waals surface area contributed by atoms with Gasteiger partial charge in [0.2, 0.25) is 0 Å². The van der Waals surface area contributed by atoms with E-state index in [1.54, 1.807) is 6.07 Å². The van der Waals surface area contributed by atoms with Crippen LogP contribution in [0.15, 0.2) is 18.2 Å². The van der Waals surface area contributed by atoms with Crippen LogP contribution >= 0.6 is 0 Å². The van der Waals surface area contributed by atoms with E-state index in [1.165, 1.54) is 31.4 Å². The van der Waals surface area contributed by atoms with Gasteiger partial charge >= 0.3 is 0 Å². The molecule has 1 heterocycles. The number of nitrogens with two attached hydrogens (primary N) is 1. The Hall–Kier alpha value is -1.22. The molecule has 0 radical (unpaired) electrons. The Bertz CT molecular complexity index is 365. The predicted octanol–water partition coefficient (Wildman–Crippen LogP) is 2.35. The summed E-state index contributed by atoms with van der Waals surface area (Å²) in [5.41, 5.74) is 7.36. The third-order valence-corrected chi connectivity index (χ3v) is 3.45. The number of likely N-dealkylation sites (tertiary alicyclic amines) is 1. The third-order valence-electron chi connectivity index (χ3n) is 3.45. The van der Waals surface area contributed by atoms with Gasteiger partial charge in [0.25, 0.3) is 0 Å². The van der Waals surface area contributed by atoms with E-state index < -0.39 is 0 Å². The number of aromatic hydroxyl groups is 1. The molecule has 3 heteroatoms. The zero-order valence-corrected chi connectivity index (χ0v) is 9.82. The Labute approximate surface area is 96.9 Å². The van der Waals surface area contributed by atoms with Crippen LogP contribution in [0.4, 0.5) is 5.69 Å². The molecule has 3 N–H and O–H groups in total. The van der Waals surface area contributed by atoms with Gasteiger partial charge in [0.15, 0.2) is 0 Å². The molecular formula is C13H20N2O. The van der Waals surface area contributed by atoms with Crippen LogP contribution in [0.25, 0.3) is 0 Å². The van der Waals surface area contributed by atoms with Crippen molar-refractivity contribution in [1.29, 1.82) is 0 Å². The highest BCUT2D eigenvalue weighted by Gasteiger charge is 2.22. The van der Waals surface area contributed by atoms with Crippen LogP contribution in [-0.2, 0) is 6.54 Å². The maximum absolute atomic E-state index is 9.36. The minimum atomic E-state index is 0.178. The molecule has 1 atom stereocenters. The van der Waals surface area contributed by atoms with Crippen LogP contribution in [0.5, 0.6) is 5.75 Å². The minimum Gasteiger partial charge on any atom is -0.506 e. The van der Waals surface area contributed by atoms with Crippen molar-refractivity contribution in [1.82, 2.24) is 4.90 Å². The summed E-state index contributed by atoms with van der Waals surface area (Å²) in [6, 6.07) is 6.23. The fraction of sp³-hybridized carbons (Fsp3) is 0.538. The summed E-state index contributed by atoms with van der Waals surface area (Å²) in [7, 11) is 0. The fourth-order valence-corrected chi connectivity index (χ4v) is 2.50. The summed E-state index contributed by atoms with van der Waals surface area (Å²) in [6.45, 7) is 4.37. The van der Waals surface area contributed by atoms with Gasteiger partial charge < -0.3 is 10.8 Å². The number of nitrogen functional groups attached to an aromatic ring is 1. The van der Waals surface area contributed by atoms with Crippen molar-refractivity contribution in [2.45, 2.75) is 38.8 Å². The van der Waals surface area contributed by atoms with Gasteiger partial charge in [-0.1, -0.05) is 13.0 Å². The van der Waals surface area contributed by atoms with Crippen molar-refractivity contribution in [3.05, 3.63) is 23.8 Å². The lowest BCUT2D eigenvalue weighted by Gasteiger charge is -2.23. The molecule has 0 spiro atoms. The molecule has 16 heavy (non-hydrogen) atoms. The molecule has 2 rings (SSSR count). The predicted molar refractivity (Wildman–Crippen MR) is 66.2 cm³/mol. The van der Waals surface area contributed by atoms with E-state index in [-0.39, 0.29) is 5.75 Å². The monoisotopic (exact) mass is 220 g/mol. The van der Waals surface area contributed by atoms with Crippen molar-refractivity contribution in [2.24, 2.45) is 0 Å². The third kappa shape index (κ3) is 2.30. The average Bonchev–Trinajstić information content (AvgIpc) is 2.71. The van der Waals surface area contributed by atoms with Crippen molar-refractivity contribution >= 4 is 5.69 Å². The molecule has 1 aromatic carbocycles. The van der Waals surface area contributed by atoms with Gasteiger partial charge in [-0.25, -0.2) is 0 Å². The zero-order valence-electron chi connectivity index (χ0n) is 9.82. The maximum Gasteiger partial charge on any atom is 0.138 e. The van der Waals surface area contributed by atoms with E-state index in [1.807, 2.05) is 12.1 Å². The topological polar surface area (TPSA) is 49.5 Å². The second-order valence-corrected chi connectivity index (χ2v) is 4.57. The largest absolute Gasteiger partial charge is 0.506 e. The first-order valence-corrected chi connectivity index (χ1v) is 6.02. The molecule has 0 bridgehead atoms. The van der Waals surface area contributed by atoms with Crippen LogP contribution in [0, 0.1) is 0 Å². The lowest BCUT2D eigenvalue weighted by molar-refractivity contribution is 0.240. The number of benzene rings is 1. The van der Waals surface area contributed by atoms with E-state index in [0.717, 1.165) is 12.6 Å². The van der Waals surface area contributed by atoms with E-state index in [0.29, 0.717) is 5.69 Å². The number of rotatable bonds is 3. The van der Waals surface area contributed by atoms with Gasteiger partial charge in [-0.15, -0.1) is 0 Å². The van der Waals surface area contributed by atoms with E-state index in [9.17, 15) is 5.11 Å². The number of phenols is 1. The molecule has 0 amide bonds. The molecule has 1 aliphatic rings. The molecular weight excluding hydrogens is 200 g/mol. The van der Waals surface area contributed by atoms with Gasteiger partial charge in [0, 0.05) is 12.6 Å². The Morgan fingerprint density at radius 3 is 3.00 bits per heavy atom. The van der Waals surface area contributed by atoms with Gasteiger partial charge in [0.05, 0.1) is 5.69 Å². The second-order valence-electron chi connectivity index (χ2n) is 4.57. The second kappa shape index (κ2) is 4.74. The molecule has 0 saturated carbocycles. The normalized spacial score (nSPS) is 21.4. The van der Waals surface area contributed by atoms with E-state index in [2.05, 4.69) is 11.8 Å². The van der Waals surface area contributed by atoms with Gasteiger partial charge in [-0.05, 0) is 43.5 Å². The molecule has 1 unspecified atom stereocenters. The summed E-state index contributed by atoms with van der Waals surface area (Å²) < 4.78 is 0. The average molecular weight is 220 g/mol. The van der Waals surface area contributed by atoms with Crippen LogP contribution in [0.3, 0.4) is 0 Å². The Morgan fingerprint density at radius 2 is 2.31 bits per heavy atom. The maximum atomic E-state index is 9.36. The minimum absolute atomic E-state index is 0.178.